The first-order valence-electron chi connectivity index (χ1n) is 3.43. The summed E-state index contributed by atoms with van der Waals surface area (Å²) in [6.45, 7) is 5.84. The van der Waals surface area contributed by atoms with Crippen LogP contribution in [0.5, 0.6) is 0 Å². The molecule has 0 spiro atoms. The summed E-state index contributed by atoms with van der Waals surface area (Å²) in [4.78, 5) is 12.9. The highest BCUT2D eigenvalue weighted by molar-refractivity contribution is 5.55. The fourth-order valence-corrected chi connectivity index (χ4v) is 0.510. The third-order valence-electron chi connectivity index (χ3n) is 1.89. The topological polar surface area (TPSA) is 65.8 Å². The van der Waals surface area contributed by atoms with Crippen LogP contribution >= 0.6 is 0 Å². The first-order valence-corrected chi connectivity index (χ1v) is 3.43. The summed E-state index contributed by atoms with van der Waals surface area (Å²) in [7, 11) is 0. The van der Waals surface area contributed by atoms with Gasteiger partial charge in [0.2, 0.25) is 6.29 Å². The summed E-state index contributed by atoms with van der Waals surface area (Å²) in [6.07, 6.45) is 1.88. The Bertz CT molecular complexity index is 182. The molecule has 0 heterocycles. The Labute approximate surface area is 66.2 Å². The van der Waals surface area contributed by atoms with Crippen LogP contribution in [0.1, 0.15) is 20.8 Å². The van der Waals surface area contributed by atoms with Crippen molar-refractivity contribution in [1.82, 2.24) is 0 Å². The van der Waals surface area contributed by atoms with Crippen LogP contribution in [0.3, 0.4) is 0 Å². The van der Waals surface area contributed by atoms with Crippen LogP contribution in [0.2, 0.25) is 0 Å². The van der Waals surface area contributed by atoms with E-state index in [4.69, 9.17) is 5.53 Å². The van der Waals surface area contributed by atoms with Gasteiger partial charge in [-0.15, -0.1) is 0 Å². The molecule has 0 rings (SSSR count). The Balaban J connectivity index is 4.18. The lowest BCUT2D eigenvalue weighted by Crippen LogP contribution is -2.25. The van der Waals surface area contributed by atoms with Crippen LogP contribution in [0.15, 0.2) is 5.11 Å². The van der Waals surface area contributed by atoms with Crippen LogP contribution in [0.4, 0.5) is 0 Å². The summed E-state index contributed by atoms with van der Waals surface area (Å²) < 4.78 is 0. The van der Waals surface area contributed by atoms with Crippen molar-refractivity contribution in [3.05, 3.63) is 10.4 Å². The summed E-state index contributed by atoms with van der Waals surface area (Å²) in [5, 5.41) is 3.41. The molecule has 0 amide bonds. The molecule has 1 radical (unpaired) electrons. The zero-order valence-electron chi connectivity index (χ0n) is 7.03. The molecule has 0 saturated carbocycles. The summed E-state index contributed by atoms with van der Waals surface area (Å²) in [5.41, 5.74) is 7.76. The van der Waals surface area contributed by atoms with E-state index in [0.717, 1.165) is 0 Å². The number of nitrogens with zero attached hydrogens (tertiary/aromatic N) is 3. The molecule has 11 heavy (non-hydrogen) atoms. The molecule has 0 aromatic rings. The minimum atomic E-state index is -0.284. The monoisotopic (exact) mass is 154 g/mol. The average molecular weight is 154 g/mol. The molecule has 4 nitrogen and oxygen atoms in total. The van der Waals surface area contributed by atoms with Crippen molar-refractivity contribution in [1.29, 1.82) is 0 Å². The van der Waals surface area contributed by atoms with Crippen molar-refractivity contribution < 1.29 is 4.79 Å². The molecule has 0 aromatic carbocycles. The van der Waals surface area contributed by atoms with E-state index in [1.165, 1.54) is 0 Å². The molecule has 4 heteroatoms. The third kappa shape index (κ3) is 3.05. The van der Waals surface area contributed by atoms with Crippen molar-refractivity contribution in [2.45, 2.75) is 20.8 Å². The first-order chi connectivity index (χ1) is 5.04. The quantitative estimate of drug-likeness (QED) is 0.347. The van der Waals surface area contributed by atoms with E-state index >= 15 is 0 Å². The van der Waals surface area contributed by atoms with Crippen molar-refractivity contribution in [3.63, 3.8) is 0 Å². The van der Waals surface area contributed by atoms with E-state index in [0.29, 0.717) is 6.54 Å². The molecule has 0 N–H and O–H groups in total. The van der Waals surface area contributed by atoms with E-state index in [1.807, 2.05) is 20.1 Å². The molecule has 0 fully saturated rings. The lowest BCUT2D eigenvalue weighted by Gasteiger charge is -2.24. The molecule has 1 unspecified atom stereocenters. The average Bonchev–Trinajstić information content (AvgIpc) is 1.99. The maximum absolute atomic E-state index is 10.3. The minimum Gasteiger partial charge on any atom is -0.291 e. The van der Waals surface area contributed by atoms with Crippen molar-refractivity contribution in [2.75, 3.05) is 6.54 Å². The second-order valence-corrected chi connectivity index (χ2v) is 3.22. The largest absolute Gasteiger partial charge is 0.291 e. The van der Waals surface area contributed by atoms with Gasteiger partial charge in [-0.25, -0.2) is 0 Å². The highest BCUT2D eigenvalue weighted by atomic mass is 16.1. The number of azide groups is 1. The van der Waals surface area contributed by atoms with Gasteiger partial charge in [0, 0.05) is 17.4 Å². The lowest BCUT2D eigenvalue weighted by atomic mass is 9.81. The number of rotatable bonds is 4. The Morgan fingerprint density at radius 1 is 1.73 bits per heavy atom. The maximum atomic E-state index is 10.3. The van der Waals surface area contributed by atoms with E-state index < -0.39 is 0 Å². The smallest absolute Gasteiger partial charge is 0.202 e. The highest BCUT2D eigenvalue weighted by Crippen LogP contribution is 2.24. The molecular formula is C7H12N3O. The number of hydrogen-bond donors (Lipinski definition) is 0. The van der Waals surface area contributed by atoms with Crippen molar-refractivity contribution in [2.24, 2.45) is 16.4 Å². The Hall–Kier alpha value is -1.02. The van der Waals surface area contributed by atoms with Crippen LogP contribution in [-0.4, -0.2) is 12.8 Å². The van der Waals surface area contributed by atoms with Gasteiger partial charge in [-0.3, -0.25) is 4.79 Å². The zero-order valence-corrected chi connectivity index (χ0v) is 7.03. The molecule has 0 aliphatic carbocycles. The maximum Gasteiger partial charge on any atom is 0.202 e. The van der Waals surface area contributed by atoms with Gasteiger partial charge in [-0.1, -0.05) is 25.9 Å². The van der Waals surface area contributed by atoms with Crippen LogP contribution < -0.4 is 0 Å². The van der Waals surface area contributed by atoms with Gasteiger partial charge < -0.3 is 0 Å². The summed E-state index contributed by atoms with van der Waals surface area (Å²) in [5.74, 6) is -0.201. The van der Waals surface area contributed by atoms with Crippen molar-refractivity contribution >= 4 is 6.29 Å². The van der Waals surface area contributed by atoms with E-state index in [-0.39, 0.29) is 11.3 Å². The van der Waals surface area contributed by atoms with Gasteiger partial charge >= 0.3 is 0 Å². The van der Waals surface area contributed by atoms with Gasteiger partial charge in [-0.05, 0) is 10.9 Å². The standard InChI is InChI=1S/C7H12N3O/c1-6(4-11)7(2,3)5-9-10-8/h6H,5H2,1-3H3. The normalized spacial score (nSPS) is 13.4. The van der Waals surface area contributed by atoms with Gasteiger partial charge in [-0.2, -0.15) is 0 Å². The minimum absolute atomic E-state index is 0.201. The predicted molar refractivity (Wildman–Crippen MR) is 42.7 cm³/mol. The van der Waals surface area contributed by atoms with Gasteiger partial charge in [0.1, 0.15) is 0 Å². The fraction of sp³-hybridized carbons (Fsp3) is 0.857. The fourth-order valence-electron chi connectivity index (χ4n) is 0.510. The molecule has 1 atom stereocenters. The highest BCUT2D eigenvalue weighted by Gasteiger charge is 2.24. The Kier molecular flexibility index (Phi) is 3.61. The van der Waals surface area contributed by atoms with Gasteiger partial charge in [0.25, 0.3) is 0 Å². The Morgan fingerprint density at radius 2 is 2.27 bits per heavy atom. The van der Waals surface area contributed by atoms with Crippen LogP contribution in [-0.2, 0) is 4.79 Å². The third-order valence-corrected chi connectivity index (χ3v) is 1.89. The van der Waals surface area contributed by atoms with E-state index in [9.17, 15) is 4.79 Å². The molecule has 0 aromatic heterocycles. The lowest BCUT2D eigenvalue weighted by molar-refractivity contribution is 0.297. The molecular weight excluding hydrogens is 142 g/mol. The molecule has 0 aliphatic heterocycles. The SMILES string of the molecule is CC([C]=O)C(C)(C)CN=[N+]=[N-]. The summed E-state index contributed by atoms with van der Waals surface area (Å²) in [6, 6.07) is 0. The van der Waals surface area contributed by atoms with Gasteiger partial charge in [0.05, 0.1) is 0 Å². The molecule has 61 valence electrons. The zero-order chi connectivity index (χ0) is 8.91. The summed E-state index contributed by atoms with van der Waals surface area (Å²) >= 11 is 0. The van der Waals surface area contributed by atoms with E-state index in [2.05, 4.69) is 10.0 Å². The predicted octanol–water partition coefficient (Wildman–Crippen LogP) is 2.07. The van der Waals surface area contributed by atoms with Crippen LogP contribution in [0.25, 0.3) is 10.4 Å². The van der Waals surface area contributed by atoms with Crippen LogP contribution in [0, 0.1) is 11.3 Å². The second kappa shape index (κ2) is 3.98. The Morgan fingerprint density at radius 3 is 2.64 bits per heavy atom. The number of hydrogen-bond acceptors (Lipinski definition) is 2. The molecule has 0 bridgehead atoms. The first kappa shape index (κ1) is 9.98. The van der Waals surface area contributed by atoms with E-state index in [1.54, 1.807) is 6.92 Å². The molecule has 0 aliphatic rings. The van der Waals surface area contributed by atoms with Crippen molar-refractivity contribution in [3.8, 4) is 0 Å². The number of carbonyl (C=O) groups excluding carboxylic acids is 1. The second-order valence-electron chi connectivity index (χ2n) is 3.22. The molecule has 0 saturated heterocycles. The van der Waals surface area contributed by atoms with Gasteiger partial charge in [0.15, 0.2) is 0 Å².